The van der Waals surface area contributed by atoms with Crippen LogP contribution in [0.3, 0.4) is 0 Å². The molecule has 1 fully saturated rings. The average Bonchev–Trinajstić information content (AvgIpc) is 3.07. The van der Waals surface area contributed by atoms with Crippen LogP contribution < -0.4 is 4.90 Å². The van der Waals surface area contributed by atoms with Gasteiger partial charge in [-0.25, -0.2) is 4.98 Å². The number of anilines is 1. The summed E-state index contributed by atoms with van der Waals surface area (Å²) < 4.78 is 37.9. The highest BCUT2D eigenvalue weighted by molar-refractivity contribution is 7.15. The molecule has 2 aromatic rings. The predicted molar refractivity (Wildman–Crippen MR) is 91.2 cm³/mol. The first kappa shape index (κ1) is 17.0. The van der Waals surface area contributed by atoms with E-state index in [2.05, 4.69) is 34.2 Å². The van der Waals surface area contributed by atoms with Crippen molar-refractivity contribution in [3.05, 3.63) is 53.0 Å². The minimum atomic E-state index is -4.31. The fraction of sp³-hybridized carbons (Fsp3) is 0.353. The van der Waals surface area contributed by atoms with Gasteiger partial charge in [0, 0.05) is 32.7 Å². The lowest BCUT2D eigenvalue weighted by Crippen LogP contribution is -2.46. The highest BCUT2D eigenvalue weighted by atomic mass is 32.1. The van der Waals surface area contributed by atoms with Crippen molar-refractivity contribution in [3.8, 4) is 0 Å². The third kappa shape index (κ3) is 4.36. The molecular formula is C17H18F3N3S. The molecule has 7 heteroatoms. The monoisotopic (exact) mass is 353 g/mol. The maximum Gasteiger partial charge on any atom is 0.427 e. The van der Waals surface area contributed by atoms with Crippen LogP contribution >= 0.6 is 11.3 Å². The number of benzene rings is 1. The Morgan fingerprint density at radius 3 is 2.42 bits per heavy atom. The van der Waals surface area contributed by atoms with E-state index in [1.807, 2.05) is 23.1 Å². The van der Waals surface area contributed by atoms with Crippen LogP contribution in [0.15, 0.2) is 42.6 Å². The molecule has 1 aromatic heterocycles. The van der Waals surface area contributed by atoms with E-state index in [-0.39, 0.29) is 0 Å². The van der Waals surface area contributed by atoms with Crippen molar-refractivity contribution in [2.45, 2.75) is 6.18 Å². The summed E-state index contributed by atoms with van der Waals surface area (Å²) in [6.45, 7) is 3.88. The normalized spacial score (nSPS) is 16.9. The van der Waals surface area contributed by atoms with Crippen LogP contribution in [0.25, 0.3) is 6.08 Å². The molecular weight excluding hydrogens is 335 g/mol. The Morgan fingerprint density at radius 1 is 1.08 bits per heavy atom. The first-order chi connectivity index (χ1) is 11.5. The van der Waals surface area contributed by atoms with Crippen molar-refractivity contribution in [1.29, 1.82) is 0 Å². The number of rotatable bonds is 4. The molecule has 3 nitrogen and oxygen atoms in total. The Labute approximate surface area is 143 Å². The number of piperazine rings is 1. The average molecular weight is 353 g/mol. The van der Waals surface area contributed by atoms with Gasteiger partial charge in [0.15, 0.2) is 5.13 Å². The van der Waals surface area contributed by atoms with Crippen molar-refractivity contribution in [1.82, 2.24) is 9.88 Å². The second-order valence-corrected chi connectivity index (χ2v) is 6.61. The Morgan fingerprint density at radius 2 is 1.79 bits per heavy atom. The Bertz CT molecular complexity index is 674. The third-order valence-electron chi connectivity index (χ3n) is 3.89. The molecule has 128 valence electrons. The van der Waals surface area contributed by atoms with Crippen LogP contribution in [0.1, 0.15) is 10.4 Å². The number of hydrogen-bond donors (Lipinski definition) is 0. The maximum atomic E-state index is 12.6. The first-order valence-electron chi connectivity index (χ1n) is 7.74. The maximum absolute atomic E-state index is 12.6. The summed E-state index contributed by atoms with van der Waals surface area (Å²) in [7, 11) is 0. The summed E-state index contributed by atoms with van der Waals surface area (Å²) in [6.07, 6.45) is 0.827. The molecule has 3 rings (SSSR count). The van der Waals surface area contributed by atoms with Crippen molar-refractivity contribution in [2.75, 3.05) is 37.6 Å². The highest BCUT2D eigenvalue weighted by Gasteiger charge is 2.34. The molecule has 1 aliphatic heterocycles. The van der Waals surface area contributed by atoms with Crippen LogP contribution in [0, 0.1) is 0 Å². The SMILES string of the molecule is FC(F)(F)c1cnc(N2CCN(C/C=C/c3ccccc3)CC2)s1. The van der Waals surface area contributed by atoms with Crippen molar-refractivity contribution >= 4 is 22.5 Å². The van der Waals surface area contributed by atoms with E-state index >= 15 is 0 Å². The number of hydrogen-bond acceptors (Lipinski definition) is 4. The molecule has 1 saturated heterocycles. The van der Waals surface area contributed by atoms with Crippen molar-refractivity contribution < 1.29 is 13.2 Å². The zero-order valence-electron chi connectivity index (χ0n) is 13.0. The largest absolute Gasteiger partial charge is 0.427 e. The third-order valence-corrected chi connectivity index (χ3v) is 4.99. The fourth-order valence-electron chi connectivity index (χ4n) is 2.57. The molecule has 1 aliphatic rings. The standard InChI is InChI=1S/C17H18F3N3S/c18-17(19,20)15-13-21-16(24-15)23-11-9-22(10-12-23)8-4-7-14-5-2-1-3-6-14/h1-7,13H,8-12H2/b7-4+. The van der Waals surface area contributed by atoms with Gasteiger partial charge in [-0.3, -0.25) is 4.90 Å². The van der Waals surface area contributed by atoms with Gasteiger partial charge in [-0.15, -0.1) is 0 Å². The zero-order chi connectivity index (χ0) is 17.0. The quantitative estimate of drug-likeness (QED) is 0.828. The Kier molecular flexibility index (Phi) is 5.20. The highest BCUT2D eigenvalue weighted by Crippen LogP contribution is 2.36. The molecule has 0 amide bonds. The smallest absolute Gasteiger partial charge is 0.346 e. The molecule has 2 heterocycles. The summed E-state index contributed by atoms with van der Waals surface area (Å²) in [5.41, 5.74) is 1.17. The van der Waals surface area contributed by atoms with Gasteiger partial charge in [-0.1, -0.05) is 53.8 Å². The van der Waals surface area contributed by atoms with Gasteiger partial charge >= 0.3 is 6.18 Å². The van der Waals surface area contributed by atoms with Gasteiger partial charge in [0.1, 0.15) is 4.88 Å². The summed E-state index contributed by atoms with van der Waals surface area (Å²) in [5, 5.41) is 0.460. The van der Waals surface area contributed by atoms with E-state index in [1.54, 1.807) is 0 Å². The van der Waals surface area contributed by atoms with Crippen LogP contribution in [-0.2, 0) is 6.18 Å². The van der Waals surface area contributed by atoms with Crippen LogP contribution in [0.4, 0.5) is 18.3 Å². The lowest BCUT2D eigenvalue weighted by molar-refractivity contribution is -0.134. The van der Waals surface area contributed by atoms with Crippen LogP contribution in [-0.4, -0.2) is 42.6 Å². The molecule has 0 bridgehead atoms. The van der Waals surface area contributed by atoms with Gasteiger partial charge in [0.25, 0.3) is 0 Å². The molecule has 0 aliphatic carbocycles. The number of alkyl halides is 3. The Balaban J connectivity index is 1.49. The predicted octanol–water partition coefficient (Wildman–Crippen LogP) is 4.00. The molecule has 24 heavy (non-hydrogen) atoms. The first-order valence-corrected chi connectivity index (χ1v) is 8.56. The fourth-order valence-corrected chi connectivity index (χ4v) is 3.40. The summed E-state index contributed by atoms with van der Waals surface area (Å²) >= 11 is 0.720. The molecule has 0 radical (unpaired) electrons. The van der Waals surface area contributed by atoms with Gasteiger partial charge in [-0.05, 0) is 5.56 Å². The second kappa shape index (κ2) is 7.36. The number of thiazole rings is 1. The minimum absolute atomic E-state index is 0.460. The second-order valence-electron chi connectivity index (χ2n) is 5.61. The van der Waals surface area contributed by atoms with Gasteiger partial charge < -0.3 is 4.90 Å². The Hall–Kier alpha value is -1.86. The molecule has 0 atom stereocenters. The molecule has 1 aromatic carbocycles. The minimum Gasteiger partial charge on any atom is -0.346 e. The summed E-state index contributed by atoms with van der Waals surface area (Å²) in [6, 6.07) is 10.1. The topological polar surface area (TPSA) is 19.4 Å². The number of halogens is 3. The van der Waals surface area contributed by atoms with Gasteiger partial charge in [-0.2, -0.15) is 13.2 Å². The van der Waals surface area contributed by atoms with Crippen molar-refractivity contribution in [3.63, 3.8) is 0 Å². The number of aromatic nitrogens is 1. The summed E-state index contributed by atoms with van der Waals surface area (Å²) in [5.74, 6) is 0. The van der Waals surface area contributed by atoms with E-state index in [1.165, 1.54) is 5.56 Å². The van der Waals surface area contributed by atoms with E-state index in [4.69, 9.17) is 0 Å². The van der Waals surface area contributed by atoms with E-state index in [9.17, 15) is 13.2 Å². The molecule has 0 spiro atoms. The van der Waals surface area contributed by atoms with Crippen molar-refractivity contribution in [2.24, 2.45) is 0 Å². The van der Waals surface area contributed by atoms with Gasteiger partial charge in [0.05, 0.1) is 6.20 Å². The number of nitrogens with zero attached hydrogens (tertiary/aromatic N) is 3. The lowest BCUT2D eigenvalue weighted by Gasteiger charge is -2.33. The lowest BCUT2D eigenvalue weighted by atomic mass is 10.2. The molecule has 0 saturated carbocycles. The van der Waals surface area contributed by atoms with E-state index < -0.39 is 11.1 Å². The molecule has 0 unspecified atom stereocenters. The summed E-state index contributed by atoms with van der Waals surface area (Å²) in [4.78, 5) is 7.51. The van der Waals surface area contributed by atoms with Crippen LogP contribution in [0.2, 0.25) is 0 Å². The zero-order valence-corrected chi connectivity index (χ0v) is 13.9. The van der Waals surface area contributed by atoms with E-state index in [0.717, 1.165) is 37.2 Å². The van der Waals surface area contributed by atoms with Crippen LogP contribution in [0.5, 0.6) is 0 Å². The molecule has 0 N–H and O–H groups in total. The van der Waals surface area contributed by atoms with Gasteiger partial charge in [0.2, 0.25) is 0 Å². The van der Waals surface area contributed by atoms with E-state index in [0.29, 0.717) is 18.2 Å².